The molecule has 2 rings (SSSR count). The monoisotopic (exact) mass is 308 g/mol. The predicted octanol–water partition coefficient (Wildman–Crippen LogP) is 3.88. The second-order valence-corrected chi connectivity index (χ2v) is 8.26. The third kappa shape index (κ3) is 4.55. The molecule has 1 unspecified atom stereocenters. The molecule has 118 valence electrons. The third-order valence-electron chi connectivity index (χ3n) is 4.19. The average molecular weight is 308 g/mol. The van der Waals surface area contributed by atoms with Crippen LogP contribution in [-0.2, 0) is 10.2 Å². The van der Waals surface area contributed by atoms with Crippen LogP contribution in [0.15, 0.2) is 12.1 Å². The molecule has 1 saturated carbocycles. The van der Waals surface area contributed by atoms with Crippen LogP contribution in [0.1, 0.15) is 75.1 Å². The zero-order valence-electron chi connectivity index (χ0n) is 13.4. The summed E-state index contributed by atoms with van der Waals surface area (Å²) in [4.78, 5) is 14.2. The van der Waals surface area contributed by atoms with Crippen molar-refractivity contribution in [1.29, 1.82) is 0 Å². The zero-order chi connectivity index (χ0) is 15.5. The lowest BCUT2D eigenvalue weighted by molar-refractivity contribution is -0.120. The molecule has 1 aliphatic rings. The molecule has 0 bridgehead atoms. The van der Waals surface area contributed by atoms with Crippen molar-refractivity contribution < 1.29 is 4.79 Å². The average Bonchev–Trinajstić information content (AvgIpc) is 2.74. The van der Waals surface area contributed by atoms with Gasteiger partial charge in [0.15, 0.2) is 0 Å². The largest absolute Gasteiger partial charge is 0.368 e. The van der Waals surface area contributed by atoms with Crippen LogP contribution < -0.4 is 11.1 Å². The molecule has 3 N–H and O–H groups in total. The highest BCUT2D eigenvalue weighted by Gasteiger charge is 2.25. The van der Waals surface area contributed by atoms with Crippen LogP contribution in [0.25, 0.3) is 0 Å². The van der Waals surface area contributed by atoms with Gasteiger partial charge in [-0.25, -0.2) is 0 Å². The topological polar surface area (TPSA) is 55.1 Å². The summed E-state index contributed by atoms with van der Waals surface area (Å²) in [6, 6.07) is 4.27. The number of nitrogens with one attached hydrogen (secondary N) is 1. The molecule has 3 nitrogen and oxygen atoms in total. The van der Waals surface area contributed by atoms with Crippen LogP contribution in [0.2, 0.25) is 0 Å². The molecule has 0 aromatic carbocycles. The molecule has 1 atom stereocenters. The summed E-state index contributed by atoms with van der Waals surface area (Å²) >= 11 is 1.71. The Morgan fingerprint density at radius 3 is 2.33 bits per heavy atom. The molecule has 0 spiro atoms. The van der Waals surface area contributed by atoms with E-state index in [4.69, 9.17) is 5.73 Å². The lowest BCUT2D eigenvalue weighted by atomic mass is 9.95. The van der Waals surface area contributed by atoms with E-state index >= 15 is 0 Å². The van der Waals surface area contributed by atoms with Gasteiger partial charge in [-0.1, -0.05) is 46.5 Å². The minimum Gasteiger partial charge on any atom is -0.368 e. The van der Waals surface area contributed by atoms with Gasteiger partial charge in [0.05, 0.1) is 0 Å². The van der Waals surface area contributed by atoms with Crippen LogP contribution in [-0.4, -0.2) is 11.9 Å². The number of carbonyl (C=O) groups is 1. The van der Waals surface area contributed by atoms with Gasteiger partial charge in [0.1, 0.15) is 6.04 Å². The van der Waals surface area contributed by atoms with E-state index in [1.54, 1.807) is 11.3 Å². The maximum absolute atomic E-state index is 11.9. The van der Waals surface area contributed by atoms with Crippen LogP contribution in [0, 0.1) is 0 Å². The quantitative estimate of drug-likeness (QED) is 0.829. The van der Waals surface area contributed by atoms with Gasteiger partial charge in [-0.05, 0) is 30.4 Å². The number of primary amides is 1. The number of nitrogens with two attached hydrogens (primary N) is 1. The van der Waals surface area contributed by atoms with E-state index in [1.807, 2.05) is 0 Å². The van der Waals surface area contributed by atoms with Gasteiger partial charge in [-0.3, -0.25) is 10.1 Å². The summed E-state index contributed by atoms with van der Waals surface area (Å²) in [5.41, 5.74) is 5.77. The molecule has 1 amide bonds. The molecule has 1 heterocycles. The Hall–Kier alpha value is -0.870. The number of thiophene rings is 1. The number of rotatable bonds is 4. The van der Waals surface area contributed by atoms with Crippen molar-refractivity contribution in [2.24, 2.45) is 5.73 Å². The SMILES string of the molecule is CC(C)(C)c1ccc(C(NC2CCCCCC2)C(N)=O)s1. The smallest absolute Gasteiger partial charge is 0.240 e. The molecule has 1 fully saturated rings. The van der Waals surface area contributed by atoms with Crippen LogP contribution in [0.4, 0.5) is 0 Å². The van der Waals surface area contributed by atoms with Crippen molar-refractivity contribution in [2.75, 3.05) is 0 Å². The second-order valence-electron chi connectivity index (χ2n) is 7.14. The molecule has 0 radical (unpaired) electrons. The molecular formula is C17H28N2OS. The van der Waals surface area contributed by atoms with E-state index < -0.39 is 0 Å². The van der Waals surface area contributed by atoms with Gasteiger partial charge in [-0.15, -0.1) is 11.3 Å². The lowest BCUT2D eigenvalue weighted by Gasteiger charge is -2.22. The zero-order valence-corrected chi connectivity index (χ0v) is 14.3. The van der Waals surface area contributed by atoms with Crippen molar-refractivity contribution in [3.63, 3.8) is 0 Å². The first kappa shape index (κ1) is 16.5. The molecule has 1 aliphatic carbocycles. The summed E-state index contributed by atoms with van der Waals surface area (Å²) in [5.74, 6) is -0.262. The summed E-state index contributed by atoms with van der Waals surface area (Å²) in [5, 5.41) is 3.51. The Balaban J connectivity index is 2.11. The minimum atomic E-state index is -0.339. The van der Waals surface area contributed by atoms with E-state index in [9.17, 15) is 4.79 Å². The first-order valence-corrected chi connectivity index (χ1v) is 8.85. The van der Waals surface area contributed by atoms with E-state index in [0.29, 0.717) is 6.04 Å². The molecule has 0 saturated heterocycles. The summed E-state index contributed by atoms with van der Waals surface area (Å²) in [7, 11) is 0. The Labute approximate surface area is 132 Å². The van der Waals surface area contributed by atoms with E-state index in [2.05, 4.69) is 38.2 Å². The van der Waals surface area contributed by atoms with Crippen molar-refractivity contribution in [1.82, 2.24) is 5.32 Å². The summed E-state index contributed by atoms with van der Waals surface area (Å²) in [6.45, 7) is 6.59. The van der Waals surface area contributed by atoms with Gasteiger partial charge in [0.2, 0.25) is 5.91 Å². The summed E-state index contributed by atoms with van der Waals surface area (Å²) in [6.07, 6.45) is 7.43. The Morgan fingerprint density at radius 1 is 1.24 bits per heavy atom. The van der Waals surface area contributed by atoms with Gasteiger partial charge in [0, 0.05) is 15.8 Å². The van der Waals surface area contributed by atoms with Crippen molar-refractivity contribution in [3.8, 4) is 0 Å². The first-order chi connectivity index (χ1) is 9.88. The van der Waals surface area contributed by atoms with Gasteiger partial charge in [0.25, 0.3) is 0 Å². The standard InChI is InChI=1S/C17H28N2OS/c1-17(2,3)14-11-10-13(21-14)15(16(18)20)19-12-8-6-4-5-7-9-12/h10-12,15,19H,4-9H2,1-3H3,(H2,18,20). The van der Waals surface area contributed by atoms with Crippen molar-refractivity contribution in [2.45, 2.75) is 76.8 Å². The van der Waals surface area contributed by atoms with E-state index in [1.165, 1.54) is 30.6 Å². The molecule has 0 aliphatic heterocycles. The number of hydrogen-bond acceptors (Lipinski definition) is 3. The second kappa shape index (κ2) is 6.93. The molecule has 1 aromatic heterocycles. The maximum atomic E-state index is 11.9. The van der Waals surface area contributed by atoms with Crippen LogP contribution >= 0.6 is 11.3 Å². The normalized spacial score (nSPS) is 19.2. The Bertz CT molecular complexity index is 467. The predicted molar refractivity (Wildman–Crippen MR) is 89.6 cm³/mol. The van der Waals surface area contributed by atoms with E-state index in [-0.39, 0.29) is 17.4 Å². The Morgan fingerprint density at radius 2 is 1.86 bits per heavy atom. The van der Waals surface area contributed by atoms with Crippen LogP contribution in [0.3, 0.4) is 0 Å². The minimum absolute atomic E-state index is 0.118. The van der Waals surface area contributed by atoms with Gasteiger partial charge in [-0.2, -0.15) is 0 Å². The number of hydrogen-bond donors (Lipinski definition) is 2. The molecule has 4 heteroatoms. The third-order valence-corrected chi connectivity index (χ3v) is 5.77. The van der Waals surface area contributed by atoms with Gasteiger partial charge >= 0.3 is 0 Å². The maximum Gasteiger partial charge on any atom is 0.240 e. The van der Waals surface area contributed by atoms with Crippen molar-refractivity contribution in [3.05, 3.63) is 21.9 Å². The fourth-order valence-corrected chi connectivity index (χ4v) is 4.03. The molecule has 1 aromatic rings. The highest BCUT2D eigenvalue weighted by molar-refractivity contribution is 7.12. The van der Waals surface area contributed by atoms with E-state index in [0.717, 1.165) is 17.7 Å². The fourth-order valence-electron chi connectivity index (χ4n) is 2.90. The summed E-state index contributed by atoms with van der Waals surface area (Å²) < 4.78 is 0. The lowest BCUT2D eigenvalue weighted by Crippen LogP contribution is -2.39. The number of amides is 1. The highest BCUT2D eigenvalue weighted by atomic mass is 32.1. The molecule has 21 heavy (non-hydrogen) atoms. The highest BCUT2D eigenvalue weighted by Crippen LogP contribution is 2.33. The van der Waals surface area contributed by atoms with Crippen LogP contribution in [0.5, 0.6) is 0 Å². The first-order valence-electron chi connectivity index (χ1n) is 8.03. The molecular weight excluding hydrogens is 280 g/mol. The van der Waals surface area contributed by atoms with Gasteiger partial charge < -0.3 is 5.73 Å². The Kier molecular flexibility index (Phi) is 5.44. The van der Waals surface area contributed by atoms with Crippen molar-refractivity contribution >= 4 is 17.2 Å². The number of carbonyl (C=O) groups excluding carboxylic acids is 1. The fraction of sp³-hybridized carbons (Fsp3) is 0.706.